The van der Waals surface area contributed by atoms with Crippen molar-refractivity contribution in [1.82, 2.24) is 9.80 Å². The fraction of sp³-hybridized carbons (Fsp3) is 0.619. The number of nitro benzene ring substituents is 1. The molecule has 1 saturated heterocycles. The number of likely N-dealkylation sites (tertiary alicyclic amines) is 1. The van der Waals surface area contributed by atoms with Gasteiger partial charge in [0.1, 0.15) is 5.60 Å². The quantitative estimate of drug-likeness (QED) is 0.569. The topological polar surface area (TPSA) is 122 Å². The van der Waals surface area contributed by atoms with E-state index in [-0.39, 0.29) is 29.1 Å². The van der Waals surface area contributed by atoms with Gasteiger partial charge in [-0.3, -0.25) is 14.9 Å². The van der Waals surface area contributed by atoms with E-state index in [0.29, 0.717) is 31.5 Å². The summed E-state index contributed by atoms with van der Waals surface area (Å²) in [5, 5.41) is 22.3. The summed E-state index contributed by atoms with van der Waals surface area (Å²) in [6.45, 7) is 9.63. The van der Waals surface area contributed by atoms with Gasteiger partial charge in [0.15, 0.2) is 12.0 Å². The van der Waals surface area contributed by atoms with Crippen molar-refractivity contribution in [3.8, 4) is 5.75 Å². The summed E-state index contributed by atoms with van der Waals surface area (Å²) in [4.78, 5) is 39.1. The van der Waals surface area contributed by atoms with E-state index in [1.807, 2.05) is 0 Å². The smallest absolute Gasteiger partial charge is 0.410 e. The fourth-order valence-electron chi connectivity index (χ4n) is 3.89. The van der Waals surface area contributed by atoms with Gasteiger partial charge in [0.25, 0.3) is 5.91 Å². The summed E-state index contributed by atoms with van der Waals surface area (Å²) in [6, 6.07) is 2.25. The van der Waals surface area contributed by atoms with E-state index in [0.717, 1.165) is 0 Å². The number of fused-ring (bicyclic) bond motifs is 1. The maximum atomic E-state index is 13.0. The van der Waals surface area contributed by atoms with Crippen molar-refractivity contribution in [1.29, 1.82) is 0 Å². The van der Waals surface area contributed by atoms with Gasteiger partial charge in [-0.25, -0.2) is 4.79 Å². The second-order valence-electron chi connectivity index (χ2n) is 9.12. The lowest BCUT2D eigenvalue weighted by Gasteiger charge is -2.38. The van der Waals surface area contributed by atoms with Gasteiger partial charge in [0.05, 0.1) is 16.6 Å². The first-order valence-corrected chi connectivity index (χ1v) is 10.4. The van der Waals surface area contributed by atoms with Crippen LogP contribution in [0, 0.1) is 10.1 Å². The van der Waals surface area contributed by atoms with Gasteiger partial charge in [-0.1, -0.05) is 0 Å². The molecule has 3 rings (SSSR count). The summed E-state index contributed by atoms with van der Waals surface area (Å²) in [6.07, 6.45) is -1.01. The van der Waals surface area contributed by atoms with Crippen LogP contribution in [0.25, 0.3) is 0 Å². The molecule has 2 aliphatic heterocycles. The van der Waals surface area contributed by atoms with Crippen LogP contribution in [0.15, 0.2) is 12.1 Å². The zero-order chi connectivity index (χ0) is 23.1. The summed E-state index contributed by atoms with van der Waals surface area (Å²) in [7, 11) is 0. The number of carbonyl (C=O) groups excluding carboxylic acids is 2. The molecule has 1 aromatic carbocycles. The van der Waals surface area contributed by atoms with Crippen molar-refractivity contribution in [3.05, 3.63) is 33.4 Å². The third-order valence-electron chi connectivity index (χ3n) is 5.21. The molecule has 1 N–H and O–H groups in total. The number of benzene rings is 1. The Morgan fingerprint density at radius 1 is 1.26 bits per heavy atom. The molecule has 170 valence electrons. The highest BCUT2D eigenvalue weighted by Crippen LogP contribution is 2.41. The Hall–Kier alpha value is -2.88. The van der Waals surface area contributed by atoms with Gasteiger partial charge in [-0.15, -0.1) is 0 Å². The Balaban J connectivity index is 1.78. The standard InChI is InChI=1S/C21H29N3O7/c1-12(2)30-17-11-15-14(10-16(17)24(28)29)18(25)23(19(15)26)13-6-8-22(9-7-13)20(27)31-21(3,4)5/h10-13,19,26H,6-9H2,1-5H3. The Labute approximate surface area is 180 Å². The number of ether oxygens (including phenoxy) is 2. The predicted molar refractivity (Wildman–Crippen MR) is 111 cm³/mol. The molecule has 0 aliphatic carbocycles. The van der Waals surface area contributed by atoms with E-state index < -0.39 is 28.8 Å². The molecule has 0 radical (unpaired) electrons. The first kappa shape index (κ1) is 22.8. The second kappa shape index (κ2) is 8.33. The van der Waals surface area contributed by atoms with Crippen LogP contribution in [-0.2, 0) is 4.74 Å². The third-order valence-corrected chi connectivity index (χ3v) is 5.21. The van der Waals surface area contributed by atoms with Crippen LogP contribution in [0.4, 0.5) is 10.5 Å². The monoisotopic (exact) mass is 435 g/mol. The van der Waals surface area contributed by atoms with Crippen molar-refractivity contribution in [3.63, 3.8) is 0 Å². The van der Waals surface area contributed by atoms with Crippen molar-refractivity contribution in [2.24, 2.45) is 0 Å². The third kappa shape index (κ3) is 4.73. The van der Waals surface area contributed by atoms with Crippen LogP contribution in [-0.4, -0.2) is 62.7 Å². The van der Waals surface area contributed by atoms with Crippen LogP contribution in [0.3, 0.4) is 0 Å². The molecule has 0 bridgehead atoms. The normalized spacial score (nSPS) is 19.6. The highest BCUT2D eigenvalue weighted by molar-refractivity contribution is 6.00. The minimum atomic E-state index is -1.23. The number of aliphatic hydroxyl groups is 1. The van der Waals surface area contributed by atoms with Crippen molar-refractivity contribution in [2.75, 3.05) is 13.1 Å². The molecule has 1 unspecified atom stereocenters. The first-order chi connectivity index (χ1) is 14.4. The number of piperidine rings is 1. The molecule has 1 aromatic rings. The molecular formula is C21H29N3O7. The molecule has 10 nitrogen and oxygen atoms in total. The Kier molecular flexibility index (Phi) is 6.13. The van der Waals surface area contributed by atoms with Crippen LogP contribution in [0.5, 0.6) is 5.75 Å². The molecule has 2 amide bonds. The molecule has 1 fully saturated rings. The van der Waals surface area contributed by atoms with E-state index in [1.165, 1.54) is 17.0 Å². The minimum Gasteiger partial charge on any atom is -0.484 e. The molecule has 31 heavy (non-hydrogen) atoms. The maximum Gasteiger partial charge on any atom is 0.410 e. The predicted octanol–water partition coefficient (Wildman–Crippen LogP) is 3.23. The molecule has 0 saturated carbocycles. The van der Waals surface area contributed by atoms with Crippen LogP contribution >= 0.6 is 0 Å². The molecule has 0 spiro atoms. The van der Waals surface area contributed by atoms with Crippen LogP contribution in [0.2, 0.25) is 0 Å². The molecule has 10 heteroatoms. The van der Waals surface area contributed by atoms with Gasteiger partial charge in [-0.05, 0) is 53.5 Å². The number of carbonyl (C=O) groups is 2. The zero-order valence-electron chi connectivity index (χ0n) is 18.5. The minimum absolute atomic E-state index is 0.0206. The zero-order valence-corrected chi connectivity index (χ0v) is 18.5. The van der Waals surface area contributed by atoms with E-state index in [9.17, 15) is 24.8 Å². The number of nitro groups is 1. The summed E-state index contributed by atoms with van der Waals surface area (Å²) in [5.41, 5.74) is -0.512. The maximum absolute atomic E-state index is 13.0. The number of nitrogens with zero attached hydrogens (tertiary/aromatic N) is 3. The summed E-state index contributed by atoms with van der Waals surface area (Å²) in [5.74, 6) is -0.440. The number of aliphatic hydroxyl groups excluding tert-OH is 1. The highest BCUT2D eigenvalue weighted by atomic mass is 16.6. The fourth-order valence-corrected chi connectivity index (χ4v) is 3.89. The number of amides is 2. The molecule has 2 heterocycles. The van der Waals surface area contributed by atoms with E-state index in [1.54, 1.807) is 39.5 Å². The number of rotatable bonds is 4. The average Bonchev–Trinajstić information content (AvgIpc) is 2.89. The van der Waals surface area contributed by atoms with Gasteiger partial charge in [0, 0.05) is 30.8 Å². The van der Waals surface area contributed by atoms with Gasteiger partial charge >= 0.3 is 11.8 Å². The van der Waals surface area contributed by atoms with Crippen LogP contribution in [0.1, 0.15) is 69.6 Å². The summed E-state index contributed by atoms with van der Waals surface area (Å²) >= 11 is 0. The van der Waals surface area contributed by atoms with Gasteiger partial charge in [-0.2, -0.15) is 0 Å². The molecule has 0 aromatic heterocycles. The molecule has 2 aliphatic rings. The highest BCUT2D eigenvalue weighted by Gasteiger charge is 2.43. The first-order valence-electron chi connectivity index (χ1n) is 10.4. The number of hydrogen-bond acceptors (Lipinski definition) is 7. The van der Waals surface area contributed by atoms with Gasteiger partial charge in [0.2, 0.25) is 0 Å². The summed E-state index contributed by atoms with van der Waals surface area (Å²) < 4.78 is 10.9. The largest absolute Gasteiger partial charge is 0.484 e. The van der Waals surface area contributed by atoms with Gasteiger partial charge < -0.3 is 24.4 Å². The lowest BCUT2D eigenvalue weighted by Crippen LogP contribution is -2.48. The lowest BCUT2D eigenvalue weighted by atomic mass is 10.0. The van der Waals surface area contributed by atoms with Crippen LogP contribution < -0.4 is 4.74 Å². The number of hydrogen-bond donors (Lipinski definition) is 1. The van der Waals surface area contributed by atoms with E-state index in [2.05, 4.69) is 0 Å². The Morgan fingerprint density at radius 2 is 1.87 bits per heavy atom. The SMILES string of the molecule is CC(C)Oc1cc2c(cc1[N+](=O)[O-])C(=O)N(C1CCN(C(=O)OC(C)(C)C)CC1)C2O. The molecule has 1 atom stereocenters. The second-order valence-corrected chi connectivity index (χ2v) is 9.12. The Bertz CT molecular complexity index is 886. The lowest BCUT2D eigenvalue weighted by molar-refractivity contribution is -0.386. The van der Waals surface area contributed by atoms with E-state index in [4.69, 9.17) is 9.47 Å². The van der Waals surface area contributed by atoms with Crippen molar-refractivity contribution >= 4 is 17.7 Å². The van der Waals surface area contributed by atoms with Crippen molar-refractivity contribution < 1.29 is 29.1 Å². The van der Waals surface area contributed by atoms with Crippen molar-refractivity contribution in [2.45, 2.75) is 71.4 Å². The average molecular weight is 435 g/mol. The Morgan fingerprint density at radius 3 is 2.39 bits per heavy atom. The molecular weight excluding hydrogens is 406 g/mol. The van der Waals surface area contributed by atoms with E-state index >= 15 is 0 Å².